The van der Waals surface area contributed by atoms with Gasteiger partial charge in [0.2, 0.25) is 0 Å². The first-order valence-electron chi connectivity index (χ1n) is 3.98. The molecule has 16 heavy (non-hydrogen) atoms. The largest absolute Gasteiger partial charge is 0.287 e. The lowest BCUT2D eigenvalue weighted by molar-refractivity contribution is 0.491. The van der Waals surface area contributed by atoms with Crippen molar-refractivity contribution in [2.45, 2.75) is 19.6 Å². The van der Waals surface area contributed by atoms with Crippen molar-refractivity contribution in [3.8, 4) is 0 Å². The standard InChI is InChI=1S/C5H12O3SSi.C2H4O3S/c1-5(9(6,7)8)10(2,3)4;1-2-6(3,4)5/h1H2,2-4H3,(H,6,7,8);2H,1H2,(H,3,4,5). The van der Waals surface area contributed by atoms with Crippen LogP contribution in [0.25, 0.3) is 0 Å². The van der Waals surface area contributed by atoms with Gasteiger partial charge in [-0.1, -0.05) is 32.8 Å². The molecular formula is C7H16O6S2Si. The van der Waals surface area contributed by atoms with Gasteiger partial charge in [-0.2, -0.15) is 16.8 Å². The SMILES string of the molecule is C=C([Si](C)(C)C)S(=O)(=O)O.C=CS(=O)(=O)O. The Kier molecular flexibility index (Phi) is 6.41. The molecule has 0 aromatic heterocycles. The van der Waals surface area contributed by atoms with Gasteiger partial charge in [-0.25, -0.2) is 0 Å². The van der Waals surface area contributed by atoms with Gasteiger partial charge >= 0.3 is 0 Å². The Morgan fingerprint density at radius 3 is 1.38 bits per heavy atom. The van der Waals surface area contributed by atoms with E-state index < -0.39 is 28.3 Å². The van der Waals surface area contributed by atoms with Crippen LogP contribution < -0.4 is 0 Å². The molecule has 0 amide bonds. The minimum Gasteiger partial charge on any atom is -0.282 e. The Hall–Kier alpha value is -0.483. The molecule has 6 nitrogen and oxygen atoms in total. The Morgan fingerprint density at radius 2 is 1.38 bits per heavy atom. The summed E-state index contributed by atoms with van der Waals surface area (Å²) in [4.78, 5) is 0. The molecule has 0 bridgehead atoms. The summed E-state index contributed by atoms with van der Waals surface area (Å²) in [5, 5.41) is 0.465. The van der Waals surface area contributed by atoms with Crippen LogP contribution in [0.2, 0.25) is 19.6 Å². The molecule has 0 aromatic carbocycles. The molecule has 0 saturated heterocycles. The molecule has 96 valence electrons. The lowest BCUT2D eigenvalue weighted by Crippen LogP contribution is -2.28. The van der Waals surface area contributed by atoms with Gasteiger partial charge in [-0.15, -0.1) is 0 Å². The molecule has 0 unspecified atom stereocenters. The molecule has 0 aliphatic heterocycles. The van der Waals surface area contributed by atoms with Crippen molar-refractivity contribution in [3.63, 3.8) is 0 Å². The van der Waals surface area contributed by atoms with Crippen molar-refractivity contribution >= 4 is 28.3 Å². The van der Waals surface area contributed by atoms with Crippen LogP contribution in [-0.2, 0) is 20.2 Å². The molecule has 0 spiro atoms. The summed E-state index contributed by atoms with van der Waals surface area (Å²) in [5.74, 6) is 0. The van der Waals surface area contributed by atoms with Gasteiger partial charge in [0, 0.05) is 4.53 Å². The first-order valence-corrected chi connectivity index (χ1v) is 10.4. The summed E-state index contributed by atoms with van der Waals surface area (Å²) < 4.78 is 56.0. The van der Waals surface area contributed by atoms with Crippen molar-refractivity contribution < 1.29 is 25.9 Å². The van der Waals surface area contributed by atoms with Gasteiger partial charge in [0.1, 0.15) is 0 Å². The highest BCUT2D eigenvalue weighted by Crippen LogP contribution is 2.16. The van der Waals surface area contributed by atoms with Gasteiger partial charge in [0.25, 0.3) is 20.2 Å². The predicted molar refractivity (Wildman–Crippen MR) is 65.8 cm³/mol. The van der Waals surface area contributed by atoms with Crippen molar-refractivity contribution in [2.75, 3.05) is 0 Å². The van der Waals surface area contributed by atoms with E-state index >= 15 is 0 Å². The summed E-state index contributed by atoms with van der Waals surface area (Å²) in [5.41, 5.74) is 0. The van der Waals surface area contributed by atoms with Crippen LogP contribution in [0, 0.1) is 0 Å². The summed E-state index contributed by atoms with van der Waals surface area (Å²) >= 11 is 0. The Balaban J connectivity index is 0. The molecule has 0 rings (SSSR count). The van der Waals surface area contributed by atoms with Crippen molar-refractivity contribution in [2.24, 2.45) is 0 Å². The van der Waals surface area contributed by atoms with Gasteiger partial charge in [-0.3, -0.25) is 9.11 Å². The van der Waals surface area contributed by atoms with Crippen LogP contribution in [0.4, 0.5) is 0 Å². The quantitative estimate of drug-likeness (QED) is 0.598. The fourth-order valence-corrected chi connectivity index (χ4v) is 3.48. The highest BCUT2D eigenvalue weighted by Gasteiger charge is 2.26. The normalized spacial score (nSPS) is 12.3. The molecule has 0 aliphatic rings. The second kappa shape index (κ2) is 5.73. The van der Waals surface area contributed by atoms with Gasteiger partial charge in [0.05, 0.1) is 13.5 Å². The second-order valence-corrected chi connectivity index (χ2v) is 12.1. The van der Waals surface area contributed by atoms with E-state index in [-0.39, 0.29) is 4.53 Å². The van der Waals surface area contributed by atoms with E-state index in [1.165, 1.54) is 0 Å². The third-order valence-electron chi connectivity index (χ3n) is 1.36. The Bertz CT molecular complexity index is 442. The second-order valence-electron chi connectivity index (χ2n) is 3.83. The van der Waals surface area contributed by atoms with Gasteiger partial charge < -0.3 is 0 Å². The van der Waals surface area contributed by atoms with Crippen LogP contribution in [0.1, 0.15) is 0 Å². The van der Waals surface area contributed by atoms with Crippen LogP contribution in [0.15, 0.2) is 23.1 Å². The lowest BCUT2D eigenvalue weighted by atomic mass is 11.2. The fourth-order valence-electron chi connectivity index (χ4n) is 0.387. The molecule has 0 atom stereocenters. The Morgan fingerprint density at radius 1 is 1.12 bits per heavy atom. The average Bonchev–Trinajstić information content (AvgIpc) is 1.99. The van der Waals surface area contributed by atoms with Gasteiger partial charge in [0.15, 0.2) is 0 Å². The summed E-state index contributed by atoms with van der Waals surface area (Å²) in [7, 11) is -9.82. The van der Waals surface area contributed by atoms with E-state index in [0.717, 1.165) is 0 Å². The Labute approximate surface area is 97.2 Å². The molecule has 2 N–H and O–H groups in total. The van der Waals surface area contributed by atoms with Gasteiger partial charge in [-0.05, 0) is 0 Å². The number of hydrogen-bond acceptors (Lipinski definition) is 4. The molecular weight excluding hydrogens is 272 g/mol. The number of rotatable bonds is 3. The van der Waals surface area contributed by atoms with Crippen LogP contribution >= 0.6 is 0 Å². The first kappa shape index (κ1) is 17.9. The zero-order valence-corrected chi connectivity index (χ0v) is 12.0. The monoisotopic (exact) mass is 288 g/mol. The summed E-state index contributed by atoms with van der Waals surface area (Å²) in [6.45, 7) is 11.5. The van der Waals surface area contributed by atoms with Crippen LogP contribution in [0.3, 0.4) is 0 Å². The molecule has 9 heteroatoms. The van der Waals surface area contributed by atoms with Crippen molar-refractivity contribution in [1.82, 2.24) is 0 Å². The fraction of sp³-hybridized carbons (Fsp3) is 0.429. The third kappa shape index (κ3) is 10.0. The minimum absolute atomic E-state index is 0.0139. The highest BCUT2D eigenvalue weighted by atomic mass is 32.2. The average molecular weight is 288 g/mol. The van der Waals surface area contributed by atoms with E-state index in [0.29, 0.717) is 5.41 Å². The van der Waals surface area contributed by atoms with E-state index in [9.17, 15) is 16.8 Å². The molecule has 0 fully saturated rings. The maximum atomic E-state index is 10.5. The third-order valence-corrected chi connectivity index (χ3v) is 6.69. The summed E-state index contributed by atoms with van der Waals surface area (Å²) in [6, 6.07) is 0. The minimum atomic E-state index is -3.99. The smallest absolute Gasteiger partial charge is 0.282 e. The zero-order chi connectivity index (χ0) is 13.8. The lowest BCUT2D eigenvalue weighted by Gasteiger charge is -2.15. The maximum absolute atomic E-state index is 10.5. The van der Waals surface area contributed by atoms with Crippen molar-refractivity contribution in [3.05, 3.63) is 23.1 Å². The molecule has 0 aromatic rings. The van der Waals surface area contributed by atoms with E-state index in [4.69, 9.17) is 9.11 Å². The van der Waals surface area contributed by atoms with E-state index in [1.807, 2.05) is 19.6 Å². The first-order chi connectivity index (χ1) is 6.72. The van der Waals surface area contributed by atoms with Crippen LogP contribution in [0.5, 0.6) is 0 Å². The summed E-state index contributed by atoms with van der Waals surface area (Å²) in [6.07, 6.45) is 0. The topological polar surface area (TPSA) is 109 Å². The van der Waals surface area contributed by atoms with Crippen molar-refractivity contribution in [1.29, 1.82) is 0 Å². The predicted octanol–water partition coefficient (Wildman–Crippen LogP) is 1.28. The van der Waals surface area contributed by atoms with Crippen LogP contribution in [-0.4, -0.2) is 34.0 Å². The molecule has 0 saturated carbocycles. The maximum Gasteiger partial charge on any atom is 0.287 e. The highest BCUT2D eigenvalue weighted by molar-refractivity contribution is 7.92. The number of hydrogen-bond donors (Lipinski definition) is 2. The molecule has 0 radical (unpaired) electrons. The van der Waals surface area contributed by atoms with E-state index in [1.54, 1.807) is 0 Å². The molecule has 0 aliphatic carbocycles. The molecule has 0 heterocycles. The zero-order valence-electron chi connectivity index (χ0n) is 9.34. The van der Waals surface area contributed by atoms with E-state index in [2.05, 4.69) is 13.2 Å².